The van der Waals surface area contributed by atoms with Gasteiger partial charge in [0.15, 0.2) is 0 Å². The summed E-state index contributed by atoms with van der Waals surface area (Å²) in [6.07, 6.45) is 4.38. The first kappa shape index (κ1) is 20.6. The number of benzene rings is 2. The molecule has 1 fully saturated rings. The summed E-state index contributed by atoms with van der Waals surface area (Å²) in [5.41, 5.74) is 2.17. The maximum absolute atomic E-state index is 12.5. The van der Waals surface area contributed by atoms with E-state index in [1.807, 2.05) is 37.3 Å². The van der Waals surface area contributed by atoms with Gasteiger partial charge in [-0.25, -0.2) is 0 Å². The molecule has 1 amide bonds. The molecule has 1 aliphatic heterocycles. The number of carbonyl (C=O) groups is 1. The number of nitrogens with zero attached hydrogens (tertiary/aromatic N) is 2. The molecule has 148 valence electrons. The molecule has 2 aromatic rings. The lowest BCUT2D eigenvalue weighted by atomic mass is 10.2. The second kappa shape index (κ2) is 10.4. The molecule has 4 nitrogen and oxygen atoms in total. The maximum atomic E-state index is 12.5. The van der Waals surface area contributed by atoms with Crippen molar-refractivity contribution in [2.24, 2.45) is 0 Å². The second-order valence-electron chi connectivity index (χ2n) is 7.13. The Kier molecular flexibility index (Phi) is 7.66. The van der Waals surface area contributed by atoms with Crippen molar-refractivity contribution in [1.29, 1.82) is 0 Å². The van der Waals surface area contributed by atoms with E-state index in [0.717, 1.165) is 38.3 Å². The number of hydrogen-bond acceptors (Lipinski definition) is 3. The van der Waals surface area contributed by atoms with Crippen molar-refractivity contribution in [2.75, 3.05) is 32.7 Å². The predicted molar refractivity (Wildman–Crippen MR) is 116 cm³/mol. The number of halogens is 1. The van der Waals surface area contributed by atoms with Crippen LogP contribution in [0.4, 0.5) is 0 Å². The van der Waals surface area contributed by atoms with Crippen LogP contribution in [0.1, 0.15) is 18.1 Å². The molecule has 0 radical (unpaired) electrons. The summed E-state index contributed by atoms with van der Waals surface area (Å²) in [5, 5.41) is 3.70. The first-order chi connectivity index (χ1) is 13.6. The Morgan fingerprint density at radius 3 is 2.46 bits per heavy atom. The quantitative estimate of drug-likeness (QED) is 0.774. The lowest BCUT2D eigenvalue weighted by Crippen LogP contribution is -2.53. The third kappa shape index (κ3) is 5.93. The Balaban J connectivity index is 1.40. The van der Waals surface area contributed by atoms with Gasteiger partial charge in [-0.1, -0.05) is 72.3 Å². The van der Waals surface area contributed by atoms with Crippen molar-refractivity contribution >= 4 is 23.6 Å². The molecular formula is C23H28ClN3O. The van der Waals surface area contributed by atoms with Crippen molar-refractivity contribution in [1.82, 2.24) is 15.1 Å². The van der Waals surface area contributed by atoms with Crippen LogP contribution in [0, 0.1) is 0 Å². The lowest BCUT2D eigenvalue weighted by Gasteiger charge is -2.37. The minimum Gasteiger partial charge on any atom is -0.351 e. The van der Waals surface area contributed by atoms with E-state index >= 15 is 0 Å². The summed E-state index contributed by atoms with van der Waals surface area (Å²) < 4.78 is 0. The van der Waals surface area contributed by atoms with Gasteiger partial charge in [-0.05, 0) is 24.1 Å². The highest BCUT2D eigenvalue weighted by molar-refractivity contribution is 6.31. The van der Waals surface area contributed by atoms with Crippen molar-refractivity contribution in [3.63, 3.8) is 0 Å². The molecule has 1 saturated heterocycles. The van der Waals surface area contributed by atoms with E-state index in [4.69, 9.17) is 11.6 Å². The Morgan fingerprint density at radius 2 is 1.75 bits per heavy atom. The maximum Gasteiger partial charge on any atom is 0.237 e. The number of piperazine rings is 1. The van der Waals surface area contributed by atoms with E-state index in [0.29, 0.717) is 11.6 Å². The van der Waals surface area contributed by atoms with Crippen LogP contribution in [0.15, 0.2) is 60.7 Å². The Morgan fingerprint density at radius 1 is 1.07 bits per heavy atom. The van der Waals surface area contributed by atoms with Gasteiger partial charge in [0, 0.05) is 44.3 Å². The molecule has 2 aromatic carbocycles. The topological polar surface area (TPSA) is 35.6 Å². The smallest absolute Gasteiger partial charge is 0.237 e. The van der Waals surface area contributed by atoms with Gasteiger partial charge in [0.1, 0.15) is 0 Å². The molecule has 0 bridgehead atoms. The van der Waals surface area contributed by atoms with Gasteiger partial charge in [0.25, 0.3) is 0 Å². The van der Waals surface area contributed by atoms with Crippen LogP contribution in [-0.4, -0.2) is 54.5 Å². The Bertz CT molecular complexity index is 785. The van der Waals surface area contributed by atoms with Crippen LogP contribution in [-0.2, 0) is 11.3 Å². The lowest BCUT2D eigenvalue weighted by molar-refractivity contribution is -0.126. The molecule has 0 aliphatic carbocycles. The molecule has 1 N–H and O–H groups in total. The number of rotatable bonds is 7. The second-order valence-corrected chi connectivity index (χ2v) is 7.54. The molecule has 28 heavy (non-hydrogen) atoms. The third-order valence-corrected chi connectivity index (χ3v) is 5.59. The van der Waals surface area contributed by atoms with E-state index in [9.17, 15) is 4.79 Å². The number of hydrogen-bond donors (Lipinski definition) is 1. The van der Waals surface area contributed by atoms with Gasteiger partial charge in [0.2, 0.25) is 5.91 Å². The fourth-order valence-corrected chi connectivity index (χ4v) is 3.58. The monoisotopic (exact) mass is 397 g/mol. The van der Waals surface area contributed by atoms with Crippen molar-refractivity contribution in [3.8, 4) is 0 Å². The average molecular weight is 398 g/mol. The van der Waals surface area contributed by atoms with Crippen LogP contribution >= 0.6 is 11.6 Å². The molecular weight excluding hydrogens is 370 g/mol. The zero-order valence-corrected chi connectivity index (χ0v) is 17.1. The van der Waals surface area contributed by atoms with Gasteiger partial charge in [-0.15, -0.1) is 0 Å². The molecule has 1 aliphatic rings. The van der Waals surface area contributed by atoms with E-state index in [1.54, 1.807) is 0 Å². The minimum atomic E-state index is -0.135. The molecule has 0 aromatic heterocycles. The molecule has 0 saturated carbocycles. The number of amides is 1. The largest absolute Gasteiger partial charge is 0.351 e. The number of carbonyl (C=O) groups excluding carboxylic acids is 1. The van der Waals surface area contributed by atoms with Crippen molar-refractivity contribution < 1.29 is 4.79 Å². The summed E-state index contributed by atoms with van der Waals surface area (Å²) in [5.74, 6) is 0.0531. The third-order valence-electron chi connectivity index (χ3n) is 5.22. The zero-order valence-electron chi connectivity index (χ0n) is 16.4. The normalized spacial score (nSPS) is 16.9. The van der Waals surface area contributed by atoms with Crippen LogP contribution in [0.3, 0.4) is 0 Å². The molecule has 3 rings (SSSR count). The fourth-order valence-electron chi connectivity index (χ4n) is 3.37. The Labute approximate surface area is 172 Å². The average Bonchev–Trinajstić information content (AvgIpc) is 2.74. The van der Waals surface area contributed by atoms with Gasteiger partial charge >= 0.3 is 0 Å². The van der Waals surface area contributed by atoms with E-state index < -0.39 is 0 Å². The Hall–Kier alpha value is -2.14. The number of nitrogens with one attached hydrogen (secondary N) is 1. The minimum absolute atomic E-state index is 0.0531. The summed E-state index contributed by atoms with van der Waals surface area (Å²) in [7, 11) is 0. The van der Waals surface area contributed by atoms with E-state index in [2.05, 4.69) is 51.5 Å². The standard InChI is InChI=1S/C23H28ClN3O/c1-19(23(28)25-18-21-11-5-6-12-22(21)24)27-16-14-26(15-17-27)13-7-10-20-8-3-2-4-9-20/h2-12,19H,13-18H2,1H3,(H,25,28)/b10-7+/t19-/m1/s1. The van der Waals surface area contributed by atoms with Crippen molar-refractivity contribution in [3.05, 3.63) is 76.8 Å². The first-order valence-electron chi connectivity index (χ1n) is 9.82. The molecule has 1 atom stereocenters. The van der Waals surface area contributed by atoms with Crippen LogP contribution in [0.2, 0.25) is 5.02 Å². The SMILES string of the molecule is C[C@H](C(=O)NCc1ccccc1Cl)N1CCN(C/C=C/c2ccccc2)CC1. The van der Waals surface area contributed by atoms with E-state index in [-0.39, 0.29) is 11.9 Å². The highest BCUT2D eigenvalue weighted by Gasteiger charge is 2.25. The summed E-state index contributed by atoms with van der Waals surface area (Å²) in [6, 6.07) is 17.8. The fraction of sp³-hybridized carbons (Fsp3) is 0.348. The molecule has 0 unspecified atom stereocenters. The highest BCUT2D eigenvalue weighted by Crippen LogP contribution is 2.14. The summed E-state index contributed by atoms with van der Waals surface area (Å²) >= 11 is 6.16. The van der Waals surface area contributed by atoms with E-state index in [1.165, 1.54) is 5.56 Å². The van der Waals surface area contributed by atoms with Gasteiger partial charge in [0.05, 0.1) is 6.04 Å². The van der Waals surface area contributed by atoms with Crippen LogP contribution in [0.25, 0.3) is 6.08 Å². The zero-order chi connectivity index (χ0) is 19.8. The van der Waals surface area contributed by atoms with Gasteiger partial charge < -0.3 is 5.32 Å². The van der Waals surface area contributed by atoms with Gasteiger partial charge in [-0.3, -0.25) is 14.6 Å². The highest BCUT2D eigenvalue weighted by atomic mass is 35.5. The molecule has 1 heterocycles. The molecule has 5 heteroatoms. The predicted octanol–water partition coefficient (Wildman–Crippen LogP) is 3.68. The molecule has 0 spiro atoms. The van der Waals surface area contributed by atoms with Crippen molar-refractivity contribution in [2.45, 2.75) is 19.5 Å². The van der Waals surface area contributed by atoms with Crippen LogP contribution < -0.4 is 5.32 Å². The van der Waals surface area contributed by atoms with Gasteiger partial charge in [-0.2, -0.15) is 0 Å². The first-order valence-corrected chi connectivity index (χ1v) is 10.2. The summed E-state index contributed by atoms with van der Waals surface area (Å²) in [4.78, 5) is 17.2. The summed E-state index contributed by atoms with van der Waals surface area (Å²) in [6.45, 7) is 7.14. The van der Waals surface area contributed by atoms with Crippen LogP contribution in [0.5, 0.6) is 0 Å².